The van der Waals surface area contributed by atoms with E-state index in [1.165, 1.54) is 25.7 Å². The van der Waals surface area contributed by atoms with Gasteiger partial charge in [0.2, 0.25) is 0 Å². The van der Waals surface area contributed by atoms with Crippen molar-refractivity contribution in [2.75, 3.05) is 6.54 Å². The van der Waals surface area contributed by atoms with Gasteiger partial charge in [0, 0.05) is 0 Å². The Morgan fingerprint density at radius 1 is 1.31 bits per heavy atom. The third kappa shape index (κ3) is 1.08. The SMILES string of the molecule is CCC1(C2(CN)CC(O)C2)CCC1. The van der Waals surface area contributed by atoms with E-state index >= 15 is 0 Å². The van der Waals surface area contributed by atoms with E-state index in [1.807, 2.05) is 0 Å². The number of aliphatic hydroxyl groups excluding tert-OH is 1. The molecule has 0 saturated heterocycles. The van der Waals surface area contributed by atoms with Crippen molar-refractivity contribution in [2.24, 2.45) is 16.6 Å². The highest BCUT2D eigenvalue weighted by Crippen LogP contribution is 2.63. The van der Waals surface area contributed by atoms with Gasteiger partial charge in [-0.15, -0.1) is 0 Å². The van der Waals surface area contributed by atoms with Crippen LogP contribution in [-0.4, -0.2) is 17.8 Å². The number of hydrogen-bond donors (Lipinski definition) is 2. The Bertz CT molecular complexity index is 187. The Balaban J connectivity index is 2.11. The van der Waals surface area contributed by atoms with Gasteiger partial charge in [-0.1, -0.05) is 13.3 Å². The third-order valence-electron chi connectivity index (χ3n) is 4.76. The summed E-state index contributed by atoms with van der Waals surface area (Å²) in [4.78, 5) is 0. The summed E-state index contributed by atoms with van der Waals surface area (Å²) in [6.07, 6.45) is 7.14. The van der Waals surface area contributed by atoms with Crippen molar-refractivity contribution >= 4 is 0 Å². The fourth-order valence-electron chi connectivity index (χ4n) is 3.52. The van der Waals surface area contributed by atoms with Gasteiger partial charge in [-0.25, -0.2) is 0 Å². The van der Waals surface area contributed by atoms with Crippen LogP contribution >= 0.6 is 0 Å². The summed E-state index contributed by atoms with van der Waals surface area (Å²) in [7, 11) is 0. The summed E-state index contributed by atoms with van der Waals surface area (Å²) in [6.45, 7) is 3.05. The molecule has 2 aliphatic rings. The maximum atomic E-state index is 9.44. The van der Waals surface area contributed by atoms with Crippen molar-refractivity contribution in [3.8, 4) is 0 Å². The Morgan fingerprint density at radius 3 is 2.15 bits per heavy atom. The molecule has 2 heteroatoms. The molecule has 0 bridgehead atoms. The normalized spacial score (nSPS) is 42.2. The second kappa shape index (κ2) is 2.96. The lowest BCUT2D eigenvalue weighted by Crippen LogP contribution is -2.59. The molecule has 0 atom stereocenters. The second-order valence-electron chi connectivity index (χ2n) is 5.03. The molecule has 13 heavy (non-hydrogen) atoms. The summed E-state index contributed by atoms with van der Waals surface area (Å²) >= 11 is 0. The zero-order chi connectivity index (χ0) is 9.53. The van der Waals surface area contributed by atoms with Crippen LogP contribution in [0, 0.1) is 10.8 Å². The van der Waals surface area contributed by atoms with Crippen molar-refractivity contribution in [3.05, 3.63) is 0 Å². The molecule has 76 valence electrons. The molecule has 2 rings (SSSR count). The molecular formula is C11H21NO. The number of hydrogen-bond acceptors (Lipinski definition) is 2. The van der Waals surface area contributed by atoms with Crippen molar-refractivity contribution in [2.45, 2.75) is 51.6 Å². The van der Waals surface area contributed by atoms with Crippen molar-refractivity contribution in [1.29, 1.82) is 0 Å². The molecule has 0 aliphatic heterocycles. The maximum Gasteiger partial charge on any atom is 0.0552 e. The Labute approximate surface area is 80.5 Å². The lowest BCUT2D eigenvalue weighted by atomic mass is 9.44. The lowest BCUT2D eigenvalue weighted by molar-refractivity contribution is -0.150. The largest absolute Gasteiger partial charge is 0.393 e. The third-order valence-corrected chi connectivity index (χ3v) is 4.76. The number of aliphatic hydroxyl groups is 1. The molecular weight excluding hydrogens is 162 g/mol. The molecule has 0 heterocycles. The van der Waals surface area contributed by atoms with Crippen molar-refractivity contribution in [3.63, 3.8) is 0 Å². The van der Waals surface area contributed by atoms with Gasteiger partial charge in [-0.3, -0.25) is 0 Å². The second-order valence-corrected chi connectivity index (χ2v) is 5.03. The highest BCUT2D eigenvalue weighted by Gasteiger charge is 2.58. The van der Waals surface area contributed by atoms with E-state index in [1.54, 1.807) is 0 Å². The fraction of sp³-hybridized carbons (Fsp3) is 1.00. The fourth-order valence-corrected chi connectivity index (χ4v) is 3.52. The molecule has 0 unspecified atom stereocenters. The van der Waals surface area contributed by atoms with E-state index in [4.69, 9.17) is 5.73 Å². The van der Waals surface area contributed by atoms with Crippen LogP contribution in [0.25, 0.3) is 0 Å². The predicted octanol–water partition coefficient (Wildman–Crippen LogP) is 1.67. The van der Waals surface area contributed by atoms with Crippen molar-refractivity contribution in [1.82, 2.24) is 0 Å². The van der Waals surface area contributed by atoms with Gasteiger partial charge >= 0.3 is 0 Å². The minimum atomic E-state index is -0.0624. The van der Waals surface area contributed by atoms with Gasteiger partial charge in [0.25, 0.3) is 0 Å². The van der Waals surface area contributed by atoms with E-state index in [0.29, 0.717) is 10.8 Å². The minimum absolute atomic E-state index is 0.0624. The van der Waals surface area contributed by atoms with Gasteiger partial charge in [0.15, 0.2) is 0 Å². The molecule has 0 aromatic heterocycles. The summed E-state index contributed by atoms with van der Waals surface area (Å²) < 4.78 is 0. The first-order chi connectivity index (χ1) is 6.18. The van der Waals surface area contributed by atoms with Crippen LogP contribution in [0.4, 0.5) is 0 Å². The first kappa shape index (κ1) is 9.47. The van der Waals surface area contributed by atoms with E-state index < -0.39 is 0 Å². The lowest BCUT2D eigenvalue weighted by Gasteiger charge is -2.62. The molecule has 0 radical (unpaired) electrons. The molecule has 2 fully saturated rings. The molecule has 0 spiro atoms. The van der Waals surface area contributed by atoms with Crippen LogP contribution in [-0.2, 0) is 0 Å². The highest BCUT2D eigenvalue weighted by molar-refractivity contribution is 5.09. The Hall–Kier alpha value is -0.0800. The molecule has 2 saturated carbocycles. The predicted molar refractivity (Wildman–Crippen MR) is 53.3 cm³/mol. The van der Waals surface area contributed by atoms with Gasteiger partial charge in [-0.05, 0) is 49.5 Å². The minimum Gasteiger partial charge on any atom is -0.393 e. The van der Waals surface area contributed by atoms with Gasteiger partial charge in [0.1, 0.15) is 0 Å². The highest BCUT2D eigenvalue weighted by atomic mass is 16.3. The summed E-state index contributed by atoms with van der Waals surface area (Å²) in [5.74, 6) is 0. The average molecular weight is 183 g/mol. The topological polar surface area (TPSA) is 46.2 Å². The van der Waals surface area contributed by atoms with Gasteiger partial charge in [0.05, 0.1) is 6.10 Å². The first-order valence-corrected chi connectivity index (χ1v) is 5.56. The van der Waals surface area contributed by atoms with Crippen LogP contribution in [0.2, 0.25) is 0 Å². The van der Waals surface area contributed by atoms with E-state index in [-0.39, 0.29) is 6.10 Å². The number of nitrogens with two attached hydrogens (primary N) is 1. The first-order valence-electron chi connectivity index (χ1n) is 5.56. The van der Waals surface area contributed by atoms with Crippen LogP contribution in [0.5, 0.6) is 0 Å². The summed E-state index contributed by atoms with van der Waals surface area (Å²) in [6, 6.07) is 0. The Morgan fingerprint density at radius 2 is 1.92 bits per heavy atom. The van der Waals surface area contributed by atoms with Crippen LogP contribution < -0.4 is 5.73 Å². The van der Waals surface area contributed by atoms with E-state index in [9.17, 15) is 5.11 Å². The molecule has 0 amide bonds. The van der Waals surface area contributed by atoms with Gasteiger partial charge in [-0.2, -0.15) is 0 Å². The Kier molecular flexibility index (Phi) is 2.16. The quantitative estimate of drug-likeness (QED) is 0.699. The van der Waals surface area contributed by atoms with Crippen molar-refractivity contribution < 1.29 is 5.11 Å². The van der Waals surface area contributed by atoms with Crippen LogP contribution in [0.3, 0.4) is 0 Å². The molecule has 0 aromatic carbocycles. The summed E-state index contributed by atoms with van der Waals surface area (Å²) in [5, 5.41) is 9.44. The van der Waals surface area contributed by atoms with E-state index in [0.717, 1.165) is 19.4 Å². The average Bonchev–Trinajstić information content (AvgIpc) is 1.99. The summed E-state index contributed by atoms with van der Waals surface area (Å²) in [5.41, 5.74) is 6.70. The molecule has 2 nitrogen and oxygen atoms in total. The zero-order valence-electron chi connectivity index (χ0n) is 8.55. The monoisotopic (exact) mass is 183 g/mol. The zero-order valence-corrected chi connectivity index (χ0v) is 8.55. The van der Waals surface area contributed by atoms with Crippen LogP contribution in [0.15, 0.2) is 0 Å². The number of rotatable bonds is 3. The van der Waals surface area contributed by atoms with Gasteiger partial charge < -0.3 is 10.8 Å². The smallest absolute Gasteiger partial charge is 0.0552 e. The molecule has 0 aromatic rings. The standard InChI is InChI=1S/C11H21NO/c1-2-10(4-3-5-10)11(8-12)6-9(13)7-11/h9,13H,2-8,12H2,1H3. The molecule has 2 aliphatic carbocycles. The molecule has 3 N–H and O–H groups in total. The van der Waals surface area contributed by atoms with E-state index in [2.05, 4.69) is 6.92 Å². The van der Waals surface area contributed by atoms with Crippen LogP contribution in [0.1, 0.15) is 45.4 Å². The maximum absolute atomic E-state index is 9.44.